The quantitative estimate of drug-likeness (QED) is 0.715. The third-order valence-electron chi connectivity index (χ3n) is 3.73. The van der Waals surface area contributed by atoms with Crippen LogP contribution < -0.4 is 0 Å². The summed E-state index contributed by atoms with van der Waals surface area (Å²) >= 11 is 0. The first-order valence-electron chi connectivity index (χ1n) is 6.48. The molecule has 0 heterocycles. The van der Waals surface area contributed by atoms with Crippen LogP contribution in [0.1, 0.15) is 57.8 Å². The maximum absolute atomic E-state index is 11.2. The highest BCUT2D eigenvalue weighted by molar-refractivity contribution is 5.79. The van der Waals surface area contributed by atoms with Gasteiger partial charge in [0.15, 0.2) is 0 Å². The molecule has 0 radical (unpaired) electrons. The highest BCUT2D eigenvalue weighted by Gasteiger charge is 2.21. The van der Waals surface area contributed by atoms with E-state index in [2.05, 4.69) is 0 Å². The number of carbonyl (C=O) groups is 1. The van der Waals surface area contributed by atoms with Crippen molar-refractivity contribution in [2.24, 2.45) is 5.92 Å². The van der Waals surface area contributed by atoms with Crippen LogP contribution in [-0.4, -0.2) is 18.5 Å². The highest BCUT2D eigenvalue weighted by Crippen LogP contribution is 2.25. The fourth-order valence-corrected chi connectivity index (χ4v) is 2.75. The van der Waals surface area contributed by atoms with E-state index < -0.39 is 0 Å². The van der Waals surface area contributed by atoms with Crippen molar-refractivity contribution in [2.45, 2.75) is 63.9 Å². The first kappa shape index (κ1) is 11.1. The van der Waals surface area contributed by atoms with E-state index >= 15 is 0 Å². The largest absolute Gasteiger partial charge is 0.377 e. The number of ether oxygens (including phenoxy) is 1. The summed E-state index contributed by atoms with van der Waals surface area (Å²) in [5, 5.41) is 0. The Balaban J connectivity index is 1.65. The predicted octanol–water partition coefficient (Wildman–Crippen LogP) is 3.10. The van der Waals surface area contributed by atoms with Crippen molar-refractivity contribution in [3.63, 3.8) is 0 Å². The second kappa shape index (κ2) is 5.64. The topological polar surface area (TPSA) is 26.3 Å². The maximum Gasteiger partial charge on any atom is 0.135 e. The van der Waals surface area contributed by atoms with Crippen LogP contribution in [0.5, 0.6) is 0 Å². The molecule has 0 aliphatic heterocycles. The first-order valence-corrected chi connectivity index (χ1v) is 6.48. The van der Waals surface area contributed by atoms with Crippen LogP contribution in [0.3, 0.4) is 0 Å². The standard InChI is InChI=1S/C13H22O2/c14-12-7-4-8-13(9-12)15-10-11-5-2-1-3-6-11/h11,13H,1-10H2. The van der Waals surface area contributed by atoms with E-state index in [0.717, 1.165) is 31.8 Å². The molecular formula is C13H22O2. The Morgan fingerprint density at radius 1 is 1.07 bits per heavy atom. The summed E-state index contributed by atoms with van der Waals surface area (Å²) in [5.41, 5.74) is 0. The van der Waals surface area contributed by atoms with Gasteiger partial charge in [0.1, 0.15) is 5.78 Å². The zero-order valence-corrected chi connectivity index (χ0v) is 9.54. The van der Waals surface area contributed by atoms with E-state index in [9.17, 15) is 4.79 Å². The Morgan fingerprint density at radius 3 is 2.60 bits per heavy atom. The zero-order chi connectivity index (χ0) is 10.5. The fraction of sp³-hybridized carbons (Fsp3) is 0.923. The van der Waals surface area contributed by atoms with E-state index in [1.54, 1.807) is 0 Å². The van der Waals surface area contributed by atoms with Gasteiger partial charge in [-0.05, 0) is 31.6 Å². The van der Waals surface area contributed by atoms with Crippen LogP contribution in [0.4, 0.5) is 0 Å². The summed E-state index contributed by atoms with van der Waals surface area (Å²) in [6.45, 7) is 0.901. The van der Waals surface area contributed by atoms with Gasteiger partial charge >= 0.3 is 0 Å². The molecule has 0 N–H and O–H groups in total. The van der Waals surface area contributed by atoms with Crippen LogP contribution in [-0.2, 0) is 9.53 Å². The van der Waals surface area contributed by atoms with Gasteiger partial charge in [0.2, 0.25) is 0 Å². The number of Topliss-reactive ketones (excluding diaryl/α,β-unsaturated/α-hetero) is 1. The van der Waals surface area contributed by atoms with Gasteiger partial charge in [0.25, 0.3) is 0 Å². The summed E-state index contributed by atoms with van der Waals surface area (Å²) in [6.07, 6.45) is 10.6. The molecule has 15 heavy (non-hydrogen) atoms. The molecule has 0 saturated heterocycles. The predicted molar refractivity (Wildman–Crippen MR) is 59.8 cm³/mol. The maximum atomic E-state index is 11.2. The van der Waals surface area contributed by atoms with Crippen molar-refractivity contribution >= 4 is 5.78 Å². The fourth-order valence-electron chi connectivity index (χ4n) is 2.75. The average Bonchev–Trinajstić information content (AvgIpc) is 2.28. The third-order valence-corrected chi connectivity index (χ3v) is 3.73. The highest BCUT2D eigenvalue weighted by atomic mass is 16.5. The molecule has 2 nitrogen and oxygen atoms in total. The second-order valence-corrected chi connectivity index (χ2v) is 5.09. The Bertz CT molecular complexity index is 207. The summed E-state index contributed by atoms with van der Waals surface area (Å²) in [6, 6.07) is 0. The van der Waals surface area contributed by atoms with Crippen molar-refractivity contribution in [2.75, 3.05) is 6.61 Å². The Labute approximate surface area is 92.4 Å². The molecule has 0 amide bonds. The normalized spacial score (nSPS) is 29.3. The monoisotopic (exact) mass is 210 g/mol. The average molecular weight is 210 g/mol. The van der Waals surface area contributed by atoms with Gasteiger partial charge in [-0.25, -0.2) is 0 Å². The van der Waals surface area contributed by atoms with Crippen molar-refractivity contribution in [3.05, 3.63) is 0 Å². The SMILES string of the molecule is O=C1CCCC(OCC2CCCCC2)C1. The molecule has 2 aliphatic rings. The van der Waals surface area contributed by atoms with Crippen molar-refractivity contribution in [3.8, 4) is 0 Å². The van der Waals surface area contributed by atoms with E-state index in [0.29, 0.717) is 12.2 Å². The summed E-state index contributed by atoms with van der Waals surface area (Å²) in [4.78, 5) is 11.2. The lowest BCUT2D eigenvalue weighted by Crippen LogP contribution is -2.25. The van der Waals surface area contributed by atoms with E-state index in [4.69, 9.17) is 4.74 Å². The van der Waals surface area contributed by atoms with Crippen LogP contribution in [0.2, 0.25) is 0 Å². The first-order chi connectivity index (χ1) is 7.34. The van der Waals surface area contributed by atoms with Crippen molar-refractivity contribution < 1.29 is 9.53 Å². The molecule has 1 atom stereocenters. The van der Waals surface area contributed by atoms with Gasteiger partial charge in [-0.15, -0.1) is 0 Å². The van der Waals surface area contributed by atoms with Gasteiger partial charge in [0.05, 0.1) is 6.10 Å². The van der Waals surface area contributed by atoms with Crippen LogP contribution in [0.25, 0.3) is 0 Å². The van der Waals surface area contributed by atoms with Gasteiger partial charge in [-0.3, -0.25) is 4.79 Å². The third kappa shape index (κ3) is 3.60. The van der Waals surface area contributed by atoms with Gasteiger partial charge in [-0.1, -0.05) is 19.3 Å². The van der Waals surface area contributed by atoms with Gasteiger partial charge < -0.3 is 4.74 Å². The van der Waals surface area contributed by atoms with Gasteiger partial charge in [-0.2, -0.15) is 0 Å². The molecule has 0 spiro atoms. The molecule has 2 fully saturated rings. The van der Waals surface area contributed by atoms with Crippen LogP contribution in [0, 0.1) is 5.92 Å². The van der Waals surface area contributed by atoms with Crippen LogP contribution >= 0.6 is 0 Å². The molecule has 1 unspecified atom stereocenters. The molecular weight excluding hydrogens is 188 g/mol. The molecule has 2 saturated carbocycles. The number of carbonyl (C=O) groups excluding carboxylic acids is 1. The lowest BCUT2D eigenvalue weighted by molar-refractivity contribution is -0.125. The van der Waals surface area contributed by atoms with E-state index in [-0.39, 0.29) is 6.10 Å². The number of ketones is 1. The molecule has 0 aromatic heterocycles. The molecule has 86 valence electrons. The number of hydrogen-bond donors (Lipinski definition) is 0. The smallest absolute Gasteiger partial charge is 0.135 e. The summed E-state index contributed by atoms with van der Waals surface area (Å²) in [5.74, 6) is 1.17. The molecule has 2 aliphatic carbocycles. The van der Waals surface area contributed by atoms with Crippen LogP contribution in [0.15, 0.2) is 0 Å². The Kier molecular flexibility index (Phi) is 4.18. The molecule has 2 rings (SSSR count). The molecule has 0 aromatic carbocycles. The number of hydrogen-bond acceptors (Lipinski definition) is 2. The van der Waals surface area contributed by atoms with E-state index in [1.165, 1.54) is 32.1 Å². The summed E-state index contributed by atoms with van der Waals surface area (Å²) in [7, 11) is 0. The zero-order valence-electron chi connectivity index (χ0n) is 9.54. The molecule has 0 bridgehead atoms. The van der Waals surface area contributed by atoms with Crippen molar-refractivity contribution in [1.29, 1.82) is 0 Å². The minimum Gasteiger partial charge on any atom is -0.377 e. The minimum atomic E-state index is 0.244. The lowest BCUT2D eigenvalue weighted by atomic mass is 9.90. The Morgan fingerprint density at radius 2 is 1.87 bits per heavy atom. The Hall–Kier alpha value is -0.370. The lowest BCUT2D eigenvalue weighted by Gasteiger charge is -2.26. The minimum absolute atomic E-state index is 0.244. The molecule has 0 aromatic rings. The second-order valence-electron chi connectivity index (χ2n) is 5.09. The molecule has 2 heteroatoms. The summed E-state index contributed by atoms with van der Waals surface area (Å²) < 4.78 is 5.87. The van der Waals surface area contributed by atoms with Gasteiger partial charge in [0, 0.05) is 19.4 Å². The number of rotatable bonds is 3. The van der Waals surface area contributed by atoms with E-state index in [1.807, 2.05) is 0 Å². The van der Waals surface area contributed by atoms with Crippen molar-refractivity contribution in [1.82, 2.24) is 0 Å².